The van der Waals surface area contributed by atoms with Crippen molar-refractivity contribution in [2.45, 2.75) is 245 Å². The molecule has 0 aromatic carbocycles. The van der Waals surface area contributed by atoms with Crippen LogP contribution in [0.1, 0.15) is 239 Å². The van der Waals surface area contributed by atoms with Crippen molar-refractivity contribution in [2.24, 2.45) is 0 Å². The van der Waals surface area contributed by atoms with Crippen LogP contribution in [0.15, 0.2) is 122 Å². The van der Waals surface area contributed by atoms with Gasteiger partial charge in [-0.25, -0.2) is 0 Å². The van der Waals surface area contributed by atoms with Crippen molar-refractivity contribution in [2.75, 3.05) is 13.2 Å². The molecule has 0 fully saturated rings. The summed E-state index contributed by atoms with van der Waals surface area (Å²) in [5.41, 5.74) is 0. The van der Waals surface area contributed by atoms with Crippen molar-refractivity contribution in [3.8, 4) is 0 Å². The fourth-order valence-corrected chi connectivity index (χ4v) is 7.23. The molecule has 0 saturated heterocycles. The number of hydrogen-bond donors (Lipinski definition) is 0. The Kier molecular flexibility index (Phi) is 53.0. The molecule has 6 nitrogen and oxygen atoms in total. The summed E-state index contributed by atoms with van der Waals surface area (Å²) in [5.74, 6) is -1.04. The number of carbonyl (C=O) groups is 3. The molecule has 390 valence electrons. The standard InChI is InChI=1S/C63H102O6/c1-4-7-10-13-16-19-22-25-28-30-31-33-36-39-42-45-48-51-54-57-63(66)69-60(58-67-61(64)55-52-49-46-43-40-37-34-27-24-21-18-15-12-9-6-3)59-68-62(65)56-53-50-47-44-41-38-35-32-29-26-23-20-17-14-11-8-5-2/h7,10,16-17,19-21,24-26,28-29,31,33,35,38-39,42,48,51,60H,4-6,8-9,11-15,18,22-23,27,30,32,34,36-37,40-41,43-47,49-50,52-59H2,1-3H3/b10-7-,19-16-,20-17-,24-21-,28-25-,29-26-,33-31-,38-35-,42-39-,51-48-/t60-/m0/s1. The molecule has 6 heteroatoms. The van der Waals surface area contributed by atoms with Gasteiger partial charge in [0, 0.05) is 19.3 Å². The molecular weight excluding hydrogens is 853 g/mol. The summed E-state index contributed by atoms with van der Waals surface area (Å²) in [6.07, 6.45) is 77.6. The van der Waals surface area contributed by atoms with Crippen molar-refractivity contribution in [3.05, 3.63) is 122 Å². The van der Waals surface area contributed by atoms with Crippen molar-refractivity contribution < 1.29 is 28.6 Å². The van der Waals surface area contributed by atoms with Crippen molar-refractivity contribution >= 4 is 17.9 Å². The number of esters is 3. The summed E-state index contributed by atoms with van der Waals surface area (Å²) < 4.78 is 16.8. The van der Waals surface area contributed by atoms with E-state index in [9.17, 15) is 14.4 Å². The maximum absolute atomic E-state index is 12.8. The van der Waals surface area contributed by atoms with E-state index in [1.807, 2.05) is 12.2 Å². The largest absolute Gasteiger partial charge is 0.462 e. The van der Waals surface area contributed by atoms with E-state index >= 15 is 0 Å². The van der Waals surface area contributed by atoms with Gasteiger partial charge in [-0.3, -0.25) is 14.4 Å². The van der Waals surface area contributed by atoms with Crippen LogP contribution in [-0.4, -0.2) is 37.2 Å². The molecule has 0 spiro atoms. The summed E-state index contributed by atoms with van der Waals surface area (Å²) in [5, 5.41) is 0. The van der Waals surface area contributed by atoms with E-state index in [1.54, 1.807) is 0 Å². The maximum Gasteiger partial charge on any atom is 0.306 e. The second-order valence-electron chi connectivity index (χ2n) is 18.1. The predicted molar refractivity (Wildman–Crippen MR) is 297 cm³/mol. The molecule has 0 aliphatic heterocycles. The Morgan fingerprint density at radius 1 is 0.304 bits per heavy atom. The third-order valence-corrected chi connectivity index (χ3v) is 11.4. The molecule has 0 saturated carbocycles. The lowest BCUT2D eigenvalue weighted by Gasteiger charge is -2.18. The average molecular weight is 956 g/mol. The Morgan fingerprint density at radius 3 is 0.986 bits per heavy atom. The zero-order valence-electron chi connectivity index (χ0n) is 44.5. The first-order valence-electron chi connectivity index (χ1n) is 28.0. The second-order valence-corrected chi connectivity index (χ2v) is 18.1. The number of allylic oxidation sites excluding steroid dienone is 20. The quantitative estimate of drug-likeness (QED) is 0.0262. The van der Waals surface area contributed by atoms with Crippen LogP contribution in [0.3, 0.4) is 0 Å². The van der Waals surface area contributed by atoms with Gasteiger partial charge in [0.05, 0.1) is 0 Å². The molecule has 0 aliphatic rings. The van der Waals surface area contributed by atoms with Crippen LogP contribution in [0, 0.1) is 0 Å². The van der Waals surface area contributed by atoms with Crippen LogP contribution in [0.2, 0.25) is 0 Å². The van der Waals surface area contributed by atoms with Crippen LogP contribution < -0.4 is 0 Å². The van der Waals surface area contributed by atoms with E-state index in [2.05, 4.69) is 130 Å². The third kappa shape index (κ3) is 54.6. The molecule has 0 N–H and O–H groups in total. The van der Waals surface area contributed by atoms with Gasteiger partial charge in [0.2, 0.25) is 0 Å². The summed E-state index contributed by atoms with van der Waals surface area (Å²) in [4.78, 5) is 38.1. The smallest absolute Gasteiger partial charge is 0.306 e. The van der Waals surface area contributed by atoms with Crippen LogP contribution in [0.4, 0.5) is 0 Å². The summed E-state index contributed by atoms with van der Waals surface area (Å²) in [7, 11) is 0. The van der Waals surface area contributed by atoms with Gasteiger partial charge in [-0.1, -0.05) is 219 Å². The lowest BCUT2D eigenvalue weighted by atomic mass is 10.1. The monoisotopic (exact) mass is 955 g/mol. The fourth-order valence-electron chi connectivity index (χ4n) is 7.23. The third-order valence-electron chi connectivity index (χ3n) is 11.4. The molecule has 0 aliphatic carbocycles. The van der Waals surface area contributed by atoms with E-state index < -0.39 is 12.1 Å². The Bertz CT molecular complexity index is 1470. The highest BCUT2D eigenvalue weighted by molar-refractivity contribution is 5.71. The summed E-state index contributed by atoms with van der Waals surface area (Å²) in [6, 6.07) is 0. The van der Waals surface area contributed by atoms with E-state index in [1.165, 1.54) is 89.9 Å². The molecule has 1 atom stereocenters. The Labute approximate surface area is 424 Å². The van der Waals surface area contributed by atoms with E-state index in [0.29, 0.717) is 19.3 Å². The molecular formula is C63H102O6. The molecule has 0 rings (SSSR count). The molecule has 0 aromatic rings. The normalized spacial score (nSPS) is 13.0. The minimum atomic E-state index is -0.833. The van der Waals surface area contributed by atoms with Crippen LogP contribution in [0.25, 0.3) is 0 Å². The van der Waals surface area contributed by atoms with Crippen molar-refractivity contribution in [1.29, 1.82) is 0 Å². The van der Waals surface area contributed by atoms with Crippen molar-refractivity contribution in [1.82, 2.24) is 0 Å². The number of carbonyl (C=O) groups excluding carboxylic acids is 3. The van der Waals surface area contributed by atoms with Crippen LogP contribution in [0.5, 0.6) is 0 Å². The first kappa shape index (κ1) is 64.8. The Morgan fingerprint density at radius 2 is 0.594 bits per heavy atom. The fraction of sp³-hybridized carbons (Fsp3) is 0.635. The highest BCUT2D eigenvalue weighted by Gasteiger charge is 2.19. The van der Waals surface area contributed by atoms with Gasteiger partial charge in [0.1, 0.15) is 13.2 Å². The maximum atomic E-state index is 12.8. The minimum absolute atomic E-state index is 0.121. The van der Waals surface area contributed by atoms with Crippen molar-refractivity contribution in [3.63, 3.8) is 0 Å². The summed E-state index contributed by atoms with van der Waals surface area (Å²) in [6.45, 7) is 6.39. The Balaban J connectivity index is 4.57. The van der Waals surface area contributed by atoms with Crippen LogP contribution in [-0.2, 0) is 28.6 Å². The number of rotatable bonds is 49. The molecule has 69 heavy (non-hydrogen) atoms. The zero-order chi connectivity index (χ0) is 50.0. The highest BCUT2D eigenvalue weighted by Crippen LogP contribution is 2.13. The van der Waals surface area contributed by atoms with Gasteiger partial charge in [0.15, 0.2) is 6.10 Å². The van der Waals surface area contributed by atoms with Gasteiger partial charge < -0.3 is 14.2 Å². The second kappa shape index (κ2) is 56.4. The first-order chi connectivity index (χ1) is 34.0. The van der Waals surface area contributed by atoms with E-state index in [0.717, 1.165) is 103 Å². The molecule has 0 amide bonds. The molecule has 0 unspecified atom stereocenters. The topological polar surface area (TPSA) is 78.9 Å². The zero-order valence-corrected chi connectivity index (χ0v) is 44.5. The first-order valence-corrected chi connectivity index (χ1v) is 28.0. The van der Waals surface area contributed by atoms with Crippen LogP contribution >= 0.6 is 0 Å². The van der Waals surface area contributed by atoms with Gasteiger partial charge in [-0.2, -0.15) is 0 Å². The Hall–Kier alpha value is -4.19. The predicted octanol–water partition coefficient (Wildman–Crippen LogP) is 18.9. The van der Waals surface area contributed by atoms with E-state index in [-0.39, 0.29) is 31.6 Å². The van der Waals surface area contributed by atoms with Gasteiger partial charge in [-0.05, 0) is 122 Å². The number of unbranched alkanes of at least 4 members (excludes halogenated alkanes) is 18. The lowest BCUT2D eigenvalue weighted by molar-refractivity contribution is -0.166. The van der Waals surface area contributed by atoms with Gasteiger partial charge >= 0.3 is 17.9 Å². The number of ether oxygens (including phenoxy) is 3. The SMILES string of the molecule is CC/C=C\C/C=C\C/C=C\C/C=C\C/C=C\C/C=C\CCC(=O)O[C@H](COC(=O)CCCCCC/C=C\C/C=C\C/C=C\CCCCC)COC(=O)CCCCCCCCC/C=C\CCCCCC. The molecule has 0 heterocycles. The van der Waals surface area contributed by atoms with Gasteiger partial charge in [0.25, 0.3) is 0 Å². The van der Waals surface area contributed by atoms with E-state index in [4.69, 9.17) is 14.2 Å². The number of hydrogen-bond acceptors (Lipinski definition) is 6. The molecule has 0 bridgehead atoms. The molecule has 0 radical (unpaired) electrons. The minimum Gasteiger partial charge on any atom is -0.462 e. The summed E-state index contributed by atoms with van der Waals surface area (Å²) >= 11 is 0. The molecule has 0 aromatic heterocycles. The van der Waals surface area contributed by atoms with Gasteiger partial charge in [-0.15, -0.1) is 0 Å². The lowest BCUT2D eigenvalue weighted by Crippen LogP contribution is -2.30. The average Bonchev–Trinajstić information content (AvgIpc) is 3.35. The highest BCUT2D eigenvalue weighted by atomic mass is 16.6.